The van der Waals surface area contributed by atoms with E-state index >= 15 is 0 Å². The molecule has 0 aliphatic heterocycles. The summed E-state index contributed by atoms with van der Waals surface area (Å²) in [6.45, 7) is 0.413. The van der Waals surface area contributed by atoms with E-state index < -0.39 is 0 Å². The lowest BCUT2D eigenvalue weighted by atomic mass is 9.68. The topological polar surface area (TPSA) is 71.2 Å². The van der Waals surface area contributed by atoms with Crippen LogP contribution in [0.1, 0.15) is 19.3 Å². The van der Waals surface area contributed by atoms with E-state index in [0.29, 0.717) is 6.54 Å². The van der Waals surface area contributed by atoms with Gasteiger partial charge in [-0.3, -0.25) is 4.79 Å². The second kappa shape index (κ2) is 4.94. The van der Waals surface area contributed by atoms with Crippen molar-refractivity contribution in [1.82, 2.24) is 4.98 Å². The van der Waals surface area contributed by atoms with Gasteiger partial charge in [0.15, 0.2) is 5.82 Å². The van der Waals surface area contributed by atoms with E-state index in [2.05, 4.69) is 10.3 Å². The quantitative estimate of drug-likeness (QED) is 0.840. The van der Waals surface area contributed by atoms with Gasteiger partial charge < -0.3 is 16.0 Å². The number of nitrogens with zero attached hydrogens (tertiary/aromatic N) is 2. The van der Waals surface area contributed by atoms with Crippen LogP contribution >= 0.6 is 0 Å². The zero-order valence-electron chi connectivity index (χ0n) is 10.9. The fourth-order valence-electron chi connectivity index (χ4n) is 2.23. The zero-order valence-corrected chi connectivity index (χ0v) is 10.9. The molecule has 0 saturated heterocycles. The molecule has 5 nitrogen and oxygen atoms in total. The molecule has 1 aliphatic carbocycles. The molecular weight excluding hydrogens is 228 g/mol. The highest BCUT2D eigenvalue weighted by Crippen LogP contribution is 2.41. The molecule has 1 heterocycles. The predicted molar refractivity (Wildman–Crippen MR) is 72.5 cm³/mol. The summed E-state index contributed by atoms with van der Waals surface area (Å²) in [6, 6.07) is 3.68. The van der Waals surface area contributed by atoms with E-state index in [4.69, 9.17) is 5.73 Å². The molecule has 1 aromatic heterocycles. The Morgan fingerprint density at radius 2 is 2.28 bits per heavy atom. The first-order chi connectivity index (χ1) is 8.59. The standard InChI is InChI=1S/C13H20N4O/c1-17(2)11-10(5-3-8-15-11)16-12(18)13(9-14)6-4-7-13/h3,5,8H,4,6-7,9,14H2,1-2H3,(H,16,18). The van der Waals surface area contributed by atoms with Crippen molar-refractivity contribution in [1.29, 1.82) is 0 Å². The van der Waals surface area contributed by atoms with E-state index in [9.17, 15) is 4.79 Å². The highest BCUT2D eigenvalue weighted by molar-refractivity contribution is 5.98. The summed E-state index contributed by atoms with van der Waals surface area (Å²) >= 11 is 0. The Bertz CT molecular complexity index is 435. The lowest BCUT2D eigenvalue weighted by molar-refractivity contribution is -0.129. The van der Waals surface area contributed by atoms with Crippen molar-refractivity contribution >= 4 is 17.4 Å². The van der Waals surface area contributed by atoms with E-state index in [1.165, 1.54) is 0 Å². The van der Waals surface area contributed by atoms with Crippen LogP contribution < -0.4 is 16.0 Å². The Balaban J connectivity index is 2.17. The van der Waals surface area contributed by atoms with Crippen LogP contribution in [0.3, 0.4) is 0 Å². The number of amides is 1. The molecule has 0 atom stereocenters. The third-order valence-electron chi connectivity index (χ3n) is 3.64. The van der Waals surface area contributed by atoms with Crippen LogP contribution in [0.15, 0.2) is 18.3 Å². The monoisotopic (exact) mass is 248 g/mol. The molecule has 98 valence electrons. The average Bonchev–Trinajstić information content (AvgIpc) is 2.28. The van der Waals surface area contributed by atoms with Crippen LogP contribution in [-0.2, 0) is 4.79 Å². The minimum Gasteiger partial charge on any atom is -0.361 e. The molecular formula is C13H20N4O. The molecule has 3 N–H and O–H groups in total. The number of rotatable bonds is 4. The number of aromatic nitrogens is 1. The number of carbonyl (C=O) groups excluding carboxylic acids is 1. The predicted octanol–water partition coefficient (Wildman–Crippen LogP) is 1.22. The summed E-state index contributed by atoms with van der Waals surface area (Å²) in [4.78, 5) is 18.4. The van der Waals surface area contributed by atoms with Crippen LogP contribution in [0.25, 0.3) is 0 Å². The number of nitrogens with one attached hydrogen (secondary N) is 1. The Morgan fingerprint density at radius 1 is 1.56 bits per heavy atom. The Hall–Kier alpha value is -1.62. The fourth-order valence-corrected chi connectivity index (χ4v) is 2.23. The molecule has 2 rings (SSSR count). The SMILES string of the molecule is CN(C)c1ncccc1NC(=O)C1(CN)CCC1. The normalized spacial score (nSPS) is 16.8. The van der Waals surface area contributed by atoms with Crippen molar-refractivity contribution < 1.29 is 4.79 Å². The first kappa shape index (κ1) is 12.8. The minimum absolute atomic E-state index is 0.0207. The second-order valence-corrected chi connectivity index (χ2v) is 5.06. The molecule has 1 saturated carbocycles. The Labute approximate surface area is 107 Å². The van der Waals surface area contributed by atoms with Crippen LogP contribution in [0, 0.1) is 5.41 Å². The summed E-state index contributed by atoms with van der Waals surface area (Å²) in [5.74, 6) is 0.782. The fraction of sp³-hybridized carbons (Fsp3) is 0.538. The Morgan fingerprint density at radius 3 is 2.78 bits per heavy atom. The molecule has 18 heavy (non-hydrogen) atoms. The summed E-state index contributed by atoms with van der Waals surface area (Å²) in [6.07, 6.45) is 4.56. The van der Waals surface area contributed by atoms with Gasteiger partial charge in [-0.2, -0.15) is 0 Å². The van der Waals surface area contributed by atoms with E-state index in [-0.39, 0.29) is 11.3 Å². The third kappa shape index (κ3) is 2.18. The average molecular weight is 248 g/mol. The number of carbonyl (C=O) groups is 1. The number of anilines is 2. The maximum absolute atomic E-state index is 12.3. The van der Waals surface area contributed by atoms with Gasteiger partial charge in [0.2, 0.25) is 5.91 Å². The highest BCUT2D eigenvalue weighted by Gasteiger charge is 2.43. The van der Waals surface area contributed by atoms with Crippen LogP contribution in [0.5, 0.6) is 0 Å². The first-order valence-electron chi connectivity index (χ1n) is 6.23. The highest BCUT2D eigenvalue weighted by atomic mass is 16.2. The number of pyridine rings is 1. The lowest BCUT2D eigenvalue weighted by Gasteiger charge is -2.39. The second-order valence-electron chi connectivity index (χ2n) is 5.06. The van der Waals surface area contributed by atoms with Crippen molar-refractivity contribution in [2.45, 2.75) is 19.3 Å². The molecule has 5 heteroatoms. The van der Waals surface area contributed by atoms with Crippen LogP contribution in [-0.4, -0.2) is 31.5 Å². The zero-order chi connectivity index (χ0) is 13.2. The summed E-state index contributed by atoms with van der Waals surface area (Å²) < 4.78 is 0. The van der Waals surface area contributed by atoms with Crippen molar-refractivity contribution in [2.75, 3.05) is 30.9 Å². The van der Waals surface area contributed by atoms with Gasteiger partial charge >= 0.3 is 0 Å². The summed E-state index contributed by atoms with van der Waals surface area (Å²) in [5.41, 5.74) is 6.12. The molecule has 0 aromatic carbocycles. The lowest BCUT2D eigenvalue weighted by Crippen LogP contribution is -2.47. The van der Waals surface area contributed by atoms with E-state index in [0.717, 1.165) is 30.8 Å². The maximum atomic E-state index is 12.3. The van der Waals surface area contributed by atoms with Crippen molar-refractivity contribution in [3.63, 3.8) is 0 Å². The largest absolute Gasteiger partial charge is 0.361 e. The van der Waals surface area contributed by atoms with Gasteiger partial charge in [0.25, 0.3) is 0 Å². The molecule has 1 fully saturated rings. The minimum atomic E-state index is -0.362. The molecule has 0 bridgehead atoms. The summed E-state index contributed by atoms with van der Waals surface area (Å²) in [7, 11) is 3.81. The number of nitrogens with two attached hydrogens (primary N) is 1. The molecule has 1 aliphatic rings. The third-order valence-corrected chi connectivity index (χ3v) is 3.64. The first-order valence-corrected chi connectivity index (χ1v) is 6.23. The van der Waals surface area contributed by atoms with Gasteiger partial charge in [0.05, 0.1) is 11.1 Å². The van der Waals surface area contributed by atoms with Gasteiger partial charge in [-0.15, -0.1) is 0 Å². The van der Waals surface area contributed by atoms with Gasteiger partial charge in [-0.05, 0) is 25.0 Å². The summed E-state index contributed by atoms with van der Waals surface area (Å²) in [5, 5.41) is 2.96. The molecule has 0 unspecified atom stereocenters. The van der Waals surface area contributed by atoms with Crippen molar-refractivity contribution in [2.24, 2.45) is 11.1 Å². The van der Waals surface area contributed by atoms with E-state index in [1.54, 1.807) is 6.20 Å². The van der Waals surface area contributed by atoms with Crippen molar-refractivity contribution in [3.05, 3.63) is 18.3 Å². The number of hydrogen-bond acceptors (Lipinski definition) is 4. The molecule has 1 aromatic rings. The molecule has 0 radical (unpaired) electrons. The van der Waals surface area contributed by atoms with Gasteiger partial charge in [-0.1, -0.05) is 6.42 Å². The van der Waals surface area contributed by atoms with Gasteiger partial charge in [0, 0.05) is 26.8 Å². The maximum Gasteiger partial charge on any atom is 0.231 e. The molecule has 1 amide bonds. The van der Waals surface area contributed by atoms with E-state index in [1.807, 2.05) is 31.1 Å². The number of hydrogen-bond donors (Lipinski definition) is 2. The smallest absolute Gasteiger partial charge is 0.231 e. The van der Waals surface area contributed by atoms with Gasteiger partial charge in [0.1, 0.15) is 0 Å². The van der Waals surface area contributed by atoms with Crippen LogP contribution in [0.2, 0.25) is 0 Å². The van der Waals surface area contributed by atoms with Crippen LogP contribution in [0.4, 0.5) is 11.5 Å². The van der Waals surface area contributed by atoms with Crippen molar-refractivity contribution in [3.8, 4) is 0 Å². The molecule has 0 spiro atoms. The van der Waals surface area contributed by atoms with Gasteiger partial charge in [-0.25, -0.2) is 4.98 Å². The Kier molecular flexibility index (Phi) is 3.52.